The number of carbonyl (C=O) groups excluding carboxylic acids is 1. The highest BCUT2D eigenvalue weighted by atomic mass is 16.6. The number of ether oxygens (including phenoxy) is 1. The summed E-state index contributed by atoms with van der Waals surface area (Å²) < 4.78 is 5.47. The second-order valence-corrected chi connectivity index (χ2v) is 6.78. The van der Waals surface area contributed by atoms with Gasteiger partial charge in [0.05, 0.1) is 11.7 Å². The van der Waals surface area contributed by atoms with Crippen molar-refractivity contribution in [1.29, 1.82) is 0 Å². The molecule has 1 saturated heterocycles. The number of fused-ring (bicyclic) bond motifs is 3. The van der Waals surface area contributed by atoms with E-state index in [9.17, 15) is 15.0 Å². The predicted octanol–water partition coefficient (Wildman–Crippen LogP) is 1.26. The number of aliphatic hydroxyl groups excluding tert-OH is 1. The fraction of sp³-hybridized carbons (Fsp3) is 0.800. The largest absolute Gasteiger partial charge is 0.458 e. The fourth-order valence-corrected chi connectivity index (χ4v) is 4.55. The summed E-state index contributed by atoms with van der Waals surface area (Å²) in [4.78, 5) is 11.7. The third kappa shape index (κ3) is 1.77. The molecule has 0 amide bonds. The highest BCUT2D eigenvalue weighted by Gasteiger charge is 2.59. The van der Waals surface area contributed by atoms with Gasteiger partial charge in [-0.2, -0.15) is 0 Å². The molecule has 4 heteroatoms. The van der Waals surface area contributed by atoms with Crippen molar-refractivity contribution in [2.24, 2.45) is 23.7 Å². The number of rotatable bonds is 0. The first-order valence-electron chi connectivity index (χ1n) is 7.13. The second kappa shape index (κ2) is 4.06. The number of carbonyl (C=O) groups is 1. The zero-order valence-corrected chi connectivity index (χ0v) is 11.5. The number of esters is 1. The summed E-state index contributed by atoms with van der Waals surface area (Å²) in [6.07, 6.45) is 1.25. The molecule has 7 atom stereocenters. The van der Waals surface area contributed by atoms with Crippen molar-refractivity contribution >= 4 is 5.97 Å². The Kier molecular flexibility index (Phi) is 2.81. The lowest BCUT2D eigenvalue weighted by Crippen LogP contribution is -2.59. The third-order valence-electron chi connectivity index (χ3n) is 5.51. The summed E-state index contributed by atoms with van der Waals surface area (Å²) in [6, 6.07) is 0. The van der Waals surface area contributed by atoms with E-state index in [-0.39, 0.29) is 35.7 Å². The highest BCUT2D eigenvalue weighted by molar-refractivity contribution is 5.90. The Balaban J connectivity index is 2.01. The zero-order chi connectivity index (χ0) is 13.9. The molecule has 0 aromatic rings. The Hall–Kier alpha value is -0.870. The average Bonchev–Trinajstić information content (AvgIpc) is 2.60. The van der Waals surface area contributed by atoms with Crippen molar-refractivity contribution < 1.29 is 19.7 Å². The molecular weight excluding hydrogens is 244 g/mol. The van der Waals surface area contributed by atoms with Gasteiger partial charge in [0.2, 0.25) is 0 Å². The van der Waals surface area contributed by atoms with Gasteiger partial charge in [0.25, 0.3) is 0 Å². The first-order valence-corrected chi connectivity index (χ1v) is 7.13. The molecule has 1 aliphatic heterocycles. The van der Waals surface area contributed by atoms with Crippen molar-refractivity contribution in [1.82, 2.24) is 0 Å². The van der Waals surface area contributed by atoms with Crippen LogP contribution in [0.5, 0.6) is 0 Å². The molecule has 2 N–H and O–H groups in total. The summed E-state index contributed by atoms with van der Waals surface area (Å²) in [5.74, 6) is -0.254. The van der Waals surface area contributed by atoms with Crippen molar-refractivity contribution in [3.8, 4) is 0 Å². The third-order valence-corrected chi connectivity index (χ3v) is 5.51. The van der Waals surface area contributed by atoms with Crippen LogP contribution in [0.4, 0.5) is 0 Å². The van der Waals surface area contributed by atoms with Crippen LogP contribution in [0.25, 0.3) is 0 Å². The second-order valence-electron chi connectivity index (χ2n) is 6.78. The summed E-state index contributed by atoms with van der Waals surface area (Å²) in [7, 11) is 0. The van der Waals surface area contributed by atoms with Gasteiger partial charge in [0, 0.05) is 17.4 Å². The maximum Gasteiger partial charge on any atom is 0.334 e. The van der Waals surface area contributed by atoms with Gasteiger partial charge in [0.15, 0.2) is 0 Å². The minimum Gasteiger partial charge on any atom is -0.458 e. The molecule has 19 heavy (non-hydrogen) atoms. The maximum absolute atomic E-state index is 11.7. The summed E-state index contributed by atoms with van der Waals surface area (Å²) in [6.45, 7) is 7.74. The summed E-state index contributed by atoms with van der Waals surface area (Å²) in [5, 5.41) is 21.0. The minimum absolute atomic E-state index is 0.000486. The van der Waals surface area contributed by atoms with Gasteiger partial charge in [0.1, 0.15) is 6.10 Å². The molecule has 1 heterocycles. The maximum atomic E-state index is 11.7. The molecule has 0 spiro atoms. The van der Waals surface area contributed by atoms with Crippen molar-refractivity contribution in [3.63, 3.8) is 0 Å². The molecule has 3 aliphatic rings. The topological polar surface area (TPSA) is 66.8 Å². The van der Waals surface area contributed by atoms with Crippen LogP contribution in [-0.4, -0.2) is 34.0 Å². The van der Waals surface area contributed by atoms with Crippen LogP contribution in [0.3, 0.4) is 0 Å². The van der Waals surface area contributed by atoms with Crippen LogP contribution in [0, 0.1) is 23.7 Å². The van der Waals surface area contributed by atoms with Crippen molar-refractivity contribution in [3.05, 3.63) is 12.2 Å². The van der Waals surface area contributed by atoms with Gasteiger partial charge >= 0.3 is 5.97 Å². The van der Waals surface area contributed by atoms with E-state index < -0.39 is 11.7 Å². The Morgan fingerprint density at radius 2 is 2.16 bits per heavy atom. The van der Waals surface area contributed by atoms with Crippen LogP contribution in [-0.2, 0) is 9.53 Å². The van der Waals surface area contributed by atoms with Crippen LogP contribution in [0.1, 0.15) is 33.1 Å². The van der Waals surface area contributed by atoms with Gasteiger partial charge < -0.3 is 14.9 Å². The van der Waals surface area contributed by atoms with E-state index in [1.165, 1.54) is 0 Å². The van der Waals surface area contributed by atoms with E-state index in [2.05, 4.69) is 13.5 Å². The number of hydrogen-bond donors (Lipinski definition) is 2. The lowest BCUT2D eigenvalue weighted by molar-refractivity contribution is -0.189. The minimum atomic E-state index is -0.883. The number of hydrogen-bond acceptors (Lipinski definition) is 4. The quantitative estimate of drug-likeness (QED) is 0.512. The highest BCUT2D eigenvalue weighted by Crippen LogP contribution is 2.54. The molecule has 2 saturated carbocycles. The summed E-state index contributed by atoms with van der Waals surface area (Å²) in [5.41, 5.74) is -0.349. The van der Waals surface area contributed by atoms with Gasteiger partial charge in [-0.3, -0.25) is 0 Å². The molecule has 0 radical (unpaired) electrons. The first kappa shape index (κ1) is 13.1. The lowest BCUT2D eigenvalue weighted by atomic mass is 9.55. The molecule has 0 aromatic heterocycles. The van der Waals surface area contributed by atoms with Crippen molar-refractivity contribution in [2.45, 2.75) is 50.9 Å². The Bertz CT molecular complexity index is 428. The molecule has 0 bridgehead atoms. The number of aliphatic hydroxyl groups is 2. The van der Waals surface area contributed by atoms with Crippen LogP contribution >= 0.6 is 0 Å². The molecule has 0 aromatic carbocycles. The van der Waals surface area contributed by atoms with E-state index in [1.54, 1.807) is 6.92 Å². The van der Waals surface area contributed by atoms with E-state index >= 15 is 0 Å². The van der Waals surface area contributed by atoms with Gasteiger partial charge in [-0.25, -0.2) is 4.79 Å². The fourth-order valence-electron chi connectivity index (χ4n) is 4.55. The smallest absolute Gasteiger partial charge is 0.334 e. The molecule has 106 valence electrons. The Morgan fingerprint density at radius 3 is 2.84 bits per heavy atom. The van der Waals surface area contributed by atoms with E-state index in [0.29, 0.717) is 18.4 Å². The first-order chi connectivity index (χ1) is 8.83. The van der Waals surface area contributed by atoms with Gasteiger partial charge in [-0.1, -0.05) is 13.5 Å². The van der Waals surface area contributed by atoms with E-state index in [1.807, 2.05) is 0 Å². The zero-order valence-electron chi connectivity index (χ0n) is 11.5. The molecule has 4 nitrogen and oxygen atoms in total. The predicted molar refractivity (Wildman–Crippen MR) is 69.1 cm³/mol. The van der Waals surface area contributed by atoms with Crippen LogP contribution < -0.4 is 0 Å². The normalized spacial score (nSPS) is 53.5. The molecule has 0 unspecified atom stereocenters. The Morgan fingerprint density at radius 1 is 1.47 bits per heavy atom. The monoisotopic (exact) mass is 266 g/mol. The van der Waals surface area contributed by atoms with E-state index in [0.717, 1.165) is 6.42 Å². The van der Waals surface area contributed by atoms with E-state index in [4.69, 9.17) is 4.74 Å². The van der Waals surface area contributed by atoms with Gasteiger partial charge in [-0.15, -0.1) is 0 Å². The lowest BCUT2D eigenvalue weighted by Gasteiger charge is -2.53. The SMILES string of the molecule is C=C1C(=O)O[C@@H]2[C@@H]3[C@H]([C@H](O)CC[C@@]3(C)O)[C@@H](C)C[C@@H]12. The van der Waals surface area contributed by atoms with Crippen LogP contribution in [0.15, 0.2) is 12.2 Å². The van der Waals surface area contributed by atoms with Gasteiger partial charge in [-0.05, 0) is 38.0 Å². The van der Waals surface area contributed by atoms with Crippen molar-refractivity contribution in [2.75, 3.05) is 0 Å². The molecule has 2 aliphatic carbocycles. The summed E-state index contributed by atoms with van der Waals surface area (Å²) >= 11 is 0. The molecule has 3 fully saturated rings. The molecular formula is C15H22O4. The Labute approximate surface area is 113 Å². The average molecular weight is 266 g/mol. The standard InChI is InChI=1S/C15H22O4/c1-7-6-9-8(2)14(17)19-13(9)12-11(7)10(16)4-5-15(12,3)18/h7,9-13,16,18H,2,4-6H2,1,3H3/t7-,9-,10+,11-,12-,13-,15+/m0/s1. The molecule has 3 rings (SSSR count). The van der Waals surface area contributed by atoms with Crippen LogP contribution in [0.2, 0.25) is 0 Å².